The number of hydrogen-bond donors (Lipinski definition) is 4. The zero-order chi connectivity index (χ0) is 36.9. The summed E-state index contributed by atoms with van der Waals surface area (Å²) in [6.45, 7) is 17.6. The van der Waals surface area contributed by atoms with Gasteiger partial charge in [-0.3, -0.25) is 9.69 Å². The lowest BCUT2D eigenvalue weighted by Crippen LogP contribution is -2.50. The van der Waals surface area contributed by atoms with Crippen LogP contribution < -0.4 is 26.2 Å². The highest BCUT2D eigenvalue weighted by Gasteiger charge is 2.33. The number of rotatable bonds is 14. The number of hydrogen-bond acceptors (Lipinski definition) is 10. The largest absolute Gasteiger partial charge is 0.368 e. The predicted octanol–water partition coefficient (Wildman–Crippen LogP) is 4.62. The molecule has 0 bridgehead atoms. The highest BCUT2D eigenvalue weighted by atomic mass is 19.1. The van der Waals surface area contributed by atoms with E-state index in [-0.39, 0.29) is 35.3 Å². The number of allylic oxidation sites excluding steroid dienone is 3. The van der Waals surface area contributed by atoms with Gasteiger partial charge in [0.2, 0.25) is 5.91 Å². The fourth-order valence-corrected chi connectivity index (χ4v) is 7.22. The van der Waals surface area contributed by atoms with Gasteiger partial charge in [0.15, 0.2) is 12.1 Å². The van der Waals surface area contributed by atoms with Gasteiger partial charge in [-0.2, -0.15) is 0 Å². The number of nitrogens with zero attached hydrogens (tertiary/aromatic N) is 5. The van der Waals surface area contributed by atoms with Crippen molar-refractivity contribution >= 4 is 35.5 Å². The van der Waals surface area contributed by atoms with Crippen molar-refractivity contribution in [3.8, 4) is 0 Å². The molecular weight excluding hydrogens is 652 g/mol. The first kappa shape index (κ1) is 38.3. The van der Waals surface area contributed by atoms with E-state index in [0.29, 0.717) is 24.2 Å². The molecule has 0 radical (unpaired) electrons. The Morgan fingerprint density at radius 3 is 2.49 bits per heavy atom. The number of anilines is 2. The molecule has 4 aliphatic heterocycles. The number of dihydropyridines is 1. The van der Waals surface area contributed by atoms with Gasteiger partial charge < -0.3 is 40.8 Å². The van der Waals surface area contributed by atoms with Gasteiger partial charge in [-0.1, -0.05) is 33.3 Å². The lowest BCUT2D eigenvalue weighted by Gasteiger charge is -2.36. The number of aliphatic imine (C=N–C) groups is 1. The molecule has 3 unspecified atom stereocenters. The molecule has 51 heavy (non-hydrogen) atoms. The quantitative estimate of drug-likeness (QED) is 0.163. The molecular formula is C38H57F2N9O2. The van der Waals surface area contributed by atoms with Crippen molar-refractivity contribution in [3.05, 3.63) is 52.9 Å². The number of aldehydes is 1. The second-order valence-electron chi connectivity index (χ2n) is 15.4. The molecule has 3 atom stereocenters. The van der Waals surface area contributed by atoms with Crippen molar-refractivity contribution in [2.75, 3.05) is 63.1 Å². The summed E-state index contributed by atoms with van der Waals surface area (Å²) in [4.78, 5) is 36.7. The van der Waals surface area contributed by atoms with Crippen LogP contribution >= 0.6 is 0 Å². The van der Waals surface area contributed by atoms with Crippen LogP contribution in [-0.2, 0) is 9.59 Å². The van der Waals surface area contributed by atoms with E-state index < -0.39 is 17.9 Å². The van der Waals surface area contributed by atoms with E-state index in [1.54, 1.807) is 11.9 Å². The smallest absolute Gasteiger partial charge is 0.222 e. The van der Waals surface area contributed by atoms with Crippen molar-refractivity contribution in [2.45, 2.75) is 91.8 Å². The summed E-state index contributed by atoms with van der Waals surface area (Å²) in [7, 11) is 1.75. The first-order valence-corrected chi connectivity index (χ1v) is 18.4. The fraction of sp³-hybridized carbons (Fsp3) is 0.605. The molecule has 1 aromatic rings. The third kappa shape index (κ3) is 9.29. The average Bonchev–Trinajstić information content (AvgIpc) is 3.43. The molecule has 13 heteroatoms. The molecule has 0 spiro atoms. The summed E-state index contributed by atoms with van der Waals surface area (Å²) >= 11 is 0. The summed E-state index contributed by atoms with van der Waals surface area (Å²) in [5.74, 6) is 0.0536. The summed E-state index contributed by atoms with van der Waals surface area (Å²) < 4.78 is 30.6. The third-order valence-electron chi connectivity index (χ3n) is 10.2. The maximum Gasteiger partial charge on any atom is 0.222 e. The highest BCUT2D eigenvalue weighted by Crippen LogP contribution is 2.41. The highest BCUT2D eigenvalue weighted by molar-refractivity contribution is 5.91. The van der Waals surface area contributed by atoms with Crippen LogP contribution in [0.1, 0.15) is 72.8 Å². The van der Waals surface area contributed by atoms with Gasteiger partial charge in [-0.05, 0) is 69.4 Å². The minimum absolute atomic E-state index is 0.0717. The zero-order valence-electron chi connectivity index (χ0n) is 31.4. The number of fused-ring (bicyclic) bond motifs is 1. The molecule has 1 fully saturated rings. The van der Waals surface area contributed by atoms with Gasteiger partial charge in [-0.15, -0.1) is 0 Å². The van der Waals surface area contributed by atoms with Crippen molar-refractivity contribution in [1.29, 1.82) is 0 Å². The number of benzene rings is 1. The fourth-order valence-electron chi connectivity index (χ4n) is 7.22. The van der Waals surface area contributed by atoms with Gasteiger partial charge in [-0.25, -0.2) is 13.8 Å². The van der Waals surface area contributed by atoms with Crippen LogP contribution in [0.2, 0.25) is 0 Å². The van der Waals surface area contributed by atoms with Crippen LogP contribution in [0.5, 0.6) is 0 Å². The summed E-state index contributed by atoms with van der Waals surface area (Å²) in [6, 6.07) is 3.21. The van der Waals surface area contributed by atoms with Gasteiger partial charge in [0.05, 0.1) is 35.5 Å². The molecule has 11 nitrogen and oxygen atoms in total. The molecule has 0 aliphatic carbocycles. The van der Waals surface area contributed by atoms with Crippen molar-refractivity contribution in [1.82, 2.24) is 30.7 Å². The van der Waals surface area contributed by atoms with E-state index in [2.05, 4.69) is 76.8 Å². The lowest BCUT2D eigenvalue weighted by molar-refractivity contribution is -0.133. The minimum atomic E-state index is -0.590. The van der Waals surface area contributed by atoms with Gasteiger partial charge in [0.1, 0.15) is 17.9 Å². The predicted molar refractivity (Wildman–Crippen MR) is 201 cm³/mol. The van der Waals surface area contributed by atoms with Crippen LogP contribution in [0.3, 0.4) is 0 Å². The van der Waals surface area contributed by atoms with Crippen LogP contribution in [0.4, 0.5) is 20.2 Å². The second kappa shape index (κ2) is 16.6. The van der Waals surface area contributed by atoms with Gasteiger partial charge in [0, 0.05) is 64.3 Å². The summed E-state index contributed by atoms with van der Waals surface area (Å²) in [6.07, 6.45) is 8.92. The number of carbonyl (C=O) groups excluding carboxylic acids is 2. The number of piperazine rings is 1. The Labute approximate surface area is 302 Å². The average molecular weight is 710 g/mol. The molecule has 4 aliphatic rings. The topological polar surface area (TPSA) is 108 Å². The molecule has 280 valence electrons. The van der Waals surface area contributed by atoms with E-state index in [4.69, 9.17) is 0 Å². The van der Waals surface area contributed by atoms with Crippen molar-refractivity contribution in [2.24, 2.45) is 10.4 Å². The standard InChI is InChI=1S/C38H57F2N9O2/c1-25(2)49-26(3)44-35-29(39)19-28(20-31(35)49)36-30(40)22-43-37(46(36)7)45-33-13-12-27(21-42-33)23-47-15-17-48(18-16-47)34(51)11-9-8-10-14-41-32(24-50)38(4,5)6/h12-13,19-20,22,24-26,32,37,41-42,44-45H,8-11,14-18,21,23H2,1-7H3. The molecule has 4 heterocycles. The second-order valence-corrected chi connectivity index (χ2v) is 15.4. The summed E-state index contributed by atoms with van der Waals surface area (Å²) in [5.41, 5.74) is 3.02. The van der Waals surface area contributed by atoms with Gasteiger partial charge in [0.25, 0.3) is 0 Å². The van der Waals surface area contributed by atoms with Gasteiger partial charge >= 0.3 is 0 Å². The van der Waals surface area contributed by atoms with E-state index in [9.17, 15) is 9.59 Å². The number of amides is 1. The van der Waals surface area contributed by atoms with Crippen LogP contribution in [0.25, 0.3) is 5.70 Å². The Morgan fingerprint density at radius 2 is 1.84 bits per heavy atom. The van der Waals surface area contributed by atoms with E-state index in [1.807, 2.05) is 24.0 Å². The molecule has 1 amide bonds. The zero-order valence-corrected chi connectivity index (χ0v) is 31.4. The molecule has 1 saturated heterocycles. The van der Waals surface area contributed by atoms with Crippen molar-refractivity contribution < 1.29 is 18.4 Å². The molecule has 4 N–H and O–H groups in total. The minimum Gasteiger partial charge on any atom is -0.368 e. The Bertz CT molecular complexity index is 1540. The van der Waals surface area contributed by atoms with Crippen molar-refractivity contribution in [3.63, 3.8) is 0 Å². The Kier molecular flexibility index (Phi) is 12.4. The maximum atomic E-state index is 15.3. The normalized spacial score (nSPS) is 21.6. The molecule has 0 saturated carbocycles. The number of nitrogens with one attached hydrogen (secondary N) is 4. The Balaban J connectivity index is 1.07. The Hall–Kier alpha value is -3.97. The first-order chi connectivity index (χ1) is 24.3. The van der Waals surface area contributed by atoms with Crippen LogP contribution in [0, 0.1) is 11.2 Å². The third-order valence-corrected chi connectivity index (χ3v) is 10.2. The lowest BCUT2D eigenvalue weighted by atomic mass is 9.87. The van der Waals surface area contributed by atoms with Crippen LogP contribution in [-0.4, -0.2) is 111 Å². The molecule has 5 rings (SSSR count). The first-order valence-electron chi connectivity index (χ1n) is 18.4. The van der Waals surface area contributed by atoms with Crippen LogP contribution in [0.15, 0.2) is 46.5 Å². The maximum absolute atomic E-state index is 15.3. The number of carbonyl (C=O) groups is 2. The van der Waals surface area contributed by atoms with E-state index in [1.165, 1.54) is 17.9 Å². The van der Waals surface area contributed by atoms with E-state index >= 15 is 8.78 Å². The summed E-state index contributed by atoms with van der Waals surface area (Å²) in [5, 5.41) is 13.3. The molecule has 0 aromatic heterocycles. The number of halogens is 2. The Morgan fingerprint density at radius 1 is 1.10 bits per heavy atom. The monoisotopic (exact) mass is 709 g/mol. The molecule has 1 aromatic carbocycles. The number of unbranched alkanes of at least 4 members (excludes halogenated alkanes) is 2. The van der Waals surface area contributed by atoms with E-state index in [0.717, 1.165) is 76.3 Å². The SMILES string of the molecule is CC(C)N1c2cc(C3=C(F)C=NC(NC4=CC=C(CN5CCN(C(=O)CCCCCNC(C=O)C(C)(C)C)CC5)CN4)N3C)cc(F)c2NC1C.